The SMILES string of the molecule is CCOC(=O)c1c(-c2ccc(C=C3SC(=S)NC3=O)cc2)c2ccccc2n1Cc1ccccc1. The van der Waals surface area contributed by atoms with Gasteiger partial charge in [0.15, 0.2) is 0 Å². The molecule has 4 aromatic rings. The maximum absolute atomic E-state index is 13.3. The van der Waals surface area contributed by atoms with Crippen molar-refractivity contribution in [3.8, 4) is 11.1 Å². The highest BCUT2D eigenvalue weighted by atomic mass is 32.2. The molecule has 1 aliphatic heterocycles. The lowest BCUT2D eigenvalue weighted by molar-refractivity contribution is -0.115. The summed E-state index contributed by atoms with van der Waals surface area (Å²) >= 11 is 6.33. The normalized spacial score (nSPS) is 14.5. The van der Waals surface area contributed by atoms with E-state index in [0.29, 0.717) is 28.1 Å². The number of carbonyl (C=O) groups is 2. The van der Waals surface area contributed by atoms with Gasteiger partial charge in [-0.15, -0.1) is 0 Å². The number of amides is 1. The molecule has 1 aliphatic rings. The second-order valence-electron chi connectivity index (χ2n) is 8.01. The number of carbonyl (C=O) groups excluding carboxylic acids is 2. The molecule has 1 N–H and O–H groups in total. The number of thioether (sulfide) groups is 1. The van der Waals surface area contributed by atoms with Gasteiger partial charge in [-0.3, -0.25) is 4.79 Å². The van der Waals surface area contributed by atoms with Gasteiger partial charge in [-0.2, -0.15) is 0 Å². The minimum absolute atomic E-state index is 0.183. The molecule has 0 radical (unpaired) electrons. The fourth-order valence-corrected chi connectivity index (χ4v) is 5.30. The van der Waals surface area contributed by atoms with Crippen molar-refractivity contribution in [2.75, 3.05) is 6.61 Å². The van der Waals surface area contributed by atoms with Crippen LogP contribution in [0.1, 0.15) is 28.5 Å². The summed E-state index contributed by atoms with van der Waals surface area (Å²) in [5.41, 5.74) is 5.20. The molecular formula is C28H22N2O3S2. The van der Waals surface area contributed by atoms with Crippen LogP contribution in [0, 0.1) is 0 Å². The second kappa shape index (κ2) is 9.90. The van der Waals surface area contributed by atoms with Gasteiger partial charge in [-0.1, -0.05) is 96.8 Å². The number of aromatic nitrogens is 1. The van der Waals surface area contributed by atoms with Crippen LogP contribution in [-0.4, -0.2) is 27.4 Å². The largest absolute Gasteiger partial charge is 0.461 e. The van der Waals surface area contributed by atoms with Gasteiger partial charge in [0.2, 0.25) is 0 Å². The zero-order valence-corrected chi connectivity index (χ0v) is 20.6. The maximum Gasteiger partial charge on any atom is 0.355 e. The summed E-state index contributed by atoms with van der Waals surface area (Å²) in [7, 11) is 0. The van der Waals surface area contributed by atoms with E-state index >= 15 is 0 Å². The fraction of sp³-hybridized carbons (Fsp3) is 0.107. The first-order chi connectivity index (χ1) is 17.0. The molecule has 5 rings (SSSR count). The average Bonchev–Trinajstić information content (AvgIpc) is 3.36. The van der Waals surface area contributed by atoms with E-state index in [2.05, 4.69) is 17.4 Å². The van der Waals surface area contributed by atoms with Gasteiger partial charge >= 0.3 is 5.97 Å². The Kier molecular flexibility index (Phi) is 6.53. The summed E-state index contributed by atoms with van der Waals surface area (Å²) in [5.74, 6) is -0.536. The number of hydrogen-bond acceptors (Lipinski definition) is 5. The van der Waals surface area contributed by atoms with Crippen molar-refractivity contribution in [1.82, 2.24) is 9.88 Å². The molecule has 7 heteroatoms. The molecule has 0 atom stereocenters. The van der Waals surface area contributed by atoms with Crippen molar-refractivity contribution >= 4 is 57.2 Å². The van der Waals surface area contributed by atoms with Crippen LogP contribution in [0.2, 0.25) is 0 Å². The summed E-state index contributed by atoms with van der Waals surface area (Å²) in [6, 6.07) is 25.9. The van der Waals surface area contributed by atoms with Crippen molar-refractivity contribution in [2.45, 2.75) is 13.5 Å². The van der Waals surface area contributed by atoms with Gasteiger partial charge in [-0.05, 0) is 35.8 Å². The number of ether oxygens (including phenoxy) is 1. The van der Waals surface area contributed by atoms with E-state index in [-0.39, 0.29) is 11.9 Å². The first-order valence-corrected chi connectivity index (χ1v) is 12.4. The van der Waals surface area contributed by atoms with Crippen LogP contribution in [-0.2, 0) is 16.1 Å². The van der Waals surface area contributed by atoms with Crippen LogP contribution in [0.4, 0.5) is 0 Å². The minimum Gasteiger partial charge on any atom is -0.461 e. The number of thiocarbonyl (C=S) groups is 1. The average molecular weight is 499 g/mol. The monoisotopic (exact) mass is 498 g/mol. The van der Waals surface area contributed by atoms with Crippen molar-refractivity contribution in [3.05, 3.63) is 101 Å². The molecule has 1 saturated heterocycles. The number of benzene rings is 3. The summed E-state index contributed by atoms with van der Waals surface area (Å²) in [6.45, 7) is 2.65. The molecule has 0 spiro atoms. The molecule has 1 aromatic heterocycles. The highest BCUT2D eigenvalue weighted by molar-refractivity contribution is 8.26. The second-order valence-corrected chi connectivity index (χ2v) is 9.73. The lowest BCUT2D eigenvalue weighted by Gasteiger charge is -2.12. The molecule has 2 heterocycles. The molecule has 174 valence electrons. The Morgan fingerprint density at radius 2 is 1.74 bits per heavy atom. The van der Waals surface area contributed by atoms with Crippen molar-refractivity contribution in [3.63, 3.8) is 0 Å². The van der Waals surface area contributed by atoms with Gasteiger partial charge in [0.1, 0.15) is 10.0 Å². The summed E-state index contributed by atoms with van der Waals surface area (Å²) in [5, 5.41) is 3.61. The lowest BCUT2D eigenvalue weighted by atomic mass is 10.00. The van der Waals surface area contributed by atoms with Crippen molar-refractivity contribution in [1.29, 1.82) is 0 Å². The Morgan fingerprint density at radius 1 is 1.03 bits per heavy atom. The smallest absolute Gasteiger partial charge is 0.355 e. The highest BCUT2D eigenvalue weighted by Crippen LogP contribution is 2.36. The number of hydrogen-bond donors (Lipinski definition) is 1. The van der Waals surface area contributed by atoms with Crippen LogP contribution >= 0.6 is 24.0 Å². The Balaban J connectivity index is 1.63. The third-order valence-electron chi connectivity index (χ3n) is 5.76. The molecule has 0 unspecified atom stereocenters. The van der Waals surface area contributed by atoms with E-state index in [9.17, 15) is 9.59 Å². The van der Waals surface area contributed by atoms with Crippen LogP contribution in [0.25, 0.3) is 28.1 Å². The number of nitrogens with one attached hydrogen (secondary N) is 1. The van der Waals surface area contributed by atoms with E-state index in [4.69, 9.17) is 17.0 Å². The number of para-hydroxylation sites is 1. The Labute approximate surface area is 212 Å². The lowest BCUT2D eigenvalue weighted by Crippen LogP contribution is -2.17. The van der Waals surface area contributed by atoms with E-state index in [1.807, 2.05) is 84.3 Å². The van der Waals surface area contributed by atoms with Crippen molar-refractivity contribution in [2.24, 2.45) is 0 Å². The zero-order valence-electron chi connectivity index (χ0n) is 19.0. The molecule has 1 amide bonds. The predicted molar refractivity (Wildman–Crippen MR) is 145 cm³/mol. The van der Waals surface area contributed by atoms with Crippen molar-refractivity contribution < 1.29 is 14.3 Å². The Morgan fingerprint density at radius 3 is 2.43 bits per heavy atom. The number of fused-ring (bicyclic) bond motifs is 1. The molecule has 0 bridgehead atoms. The summed E-state index contributed by atoms with van der Waals surface area (Å²) < 4.78 is 8.00. The van der Waals surface area contributed by atoms with Gasteiger partial charge in [-0.25, -0.2) is 4.79 Å². The molecular weight excluding hydrogens is 476 g/mol. The molecule has 1 fully saturated rings. The quantitative estimate of drug-likeness (QED) is 0.200. The highest BCUT2D eigenvalue weighted by Gasteiger charge is 2.25. The first kappa shape index (κ1) is 23.1. The predicted octanol–water partition coefficient (Wildman–Crippen LogP) is 6.02. The van der Waals surface area contributed by atoms with Gasteiger partial charge in [0.05, 0.1) is 11.5 Å². The van der Waals surface area contributed by atoms with E-state index < -0.39 is 0 Å². The molecule has 3 aromatic carbocycles. The fourth-order valence-electron chi connectivity index (χ4n) is 4.26. The number of esters is 1. The van der Waals surface area contributed by atoms with Crippen LogP contribution < -0.4 is 5.32 Å². The molecule has 35 heavy (non-hydrogen) atoms. The molecule has 5 nitrogen and oxygen atoms in total. The van der Waals surface area contributed by atoms with Gasteiger partial charge in [0.25, 0.3) is 5.91 Å². The molecule has 0 aliphatic carbocycles. The third-order valence-corrected chi connectivity index (χ3v) is 6.93. The van der Waals surface area contributed by atoms with Crippen LogP contribution in [0.15, 0.2) is 83.8 Å². The Bertz CT molecular complexity index is 1470. The molecule has 0 saturated carbocycles. The summed E-state index contributed by atoms with van der Waals surface area (Å²) in [6.07, 6.45) is 1.81. The maximum atomic E-state index is 13.3. The van der Waals surface area contributed by atoms with Crippen LogP contribution in [0.5, 0.6) is 0 Å². The third kappa shape index (κ3) is 4.65. The minimum atomic E-state index is -0.353. The zero-order chi connectivity index (χ0) is 24.4. The van der Waals surface area contributed by atoms with Gasteiger partial charge in [0, 0.05) is 23.0 Å². The summed E-state index contributed by atoms with van der Waals surface area (Å²) in [4.78, 5) is 25.9. The standard InChI is InChI=1S/C28H22N2O3S2/c1-2-33-27(32)25-24(20-14-12-18(13-15-20)16-23-26(31)29-28(34)35-23)21-10-6-7-11-22(21)30(25)17-19-8-4-3-5-9-19/h3-16H,2,17H2,1H3,(H,29,31,34). The van der Waals surface area contributed by atoms with E-state index in [1.165, 1.54) is 11.8 Å². The topological polar surface area (TPSA) is 60.3 Å². The van der Waals surface area contributed by atoms with E-state index in [1.54, 1.807) is 0 Å². The van der Waals surface area contributed by atoms with E-state index in [0.717, 1.165) is 33.2 Å². The van der Waals surface area contributed by atoms with Gasteiger partial charge < -0.3 is 14.6 Å². The first-order valence-electron chi connectivity index (χ1n) is 11.2. The Hall–Kier alpha value is -3.68. The number of nitrogens with zero attached hydrogens (tertiary/aromatic N) is 1. The van der Waals surface area contributed by atoms with Crippen LogP contribution in [0.3, 0.4) is 0 Å². The number of rotatable bonds is 6.